The highest BCUT2D eigenvalue weighted by atomic mass is 16.5. The van der Waals surface area contributed by atoms with Gasteiger partial charge in [0.1, 0.15) is 12.3 Å². The molecule has 3 aromatic rings. The van der Waals surface area contributed by atoms with Crippen LogP contribution in [0.15, 0.2) is 59.5 Å². The second-order valence-corrected chi connectivity index (χ2v) is 6.97. The molecule has 0 unspecified atom stereocenters. The van der Waals surface area contributed by atoms with Crippen LogP contribution in [0.25, 0.3) is 10.8 Å². The van der Waals surface area contributed by atoms with Gasteiger partial charge >= 0.3 is 0 Å². The summed E-state index contributed by atoms with van der Waals surface area (Å²) < 4.78 is 7.02. The summed E-state index contributed by atoms with van der Waals surface area (Å²) in [6.45, 7) is 5.20. The van der Waals surface area contributed by atoms with Gasteiger partial charge in [0.25, 0.3) is 5.56 Å². The third-order valence-electron chi connectivity index (χ3n) is 4.12. The fourth-order valence-corrected chi connectivity index (χ4v) is 2.93. The molecule has 0 fully saturated rings. The molecular formula is C22H23N3O4. The zero-order valence-corrected chi connectivity index (χ0v) is 16.6. The Bertz CT molecular complexity index is 1100. The minimum atomic E-state index is -0.321. The molecular weight excluding hydrogens is 370 g/mol. The van der Waals surface area contributed by atoms with Crippen LogP contribution in [0.1, 0.15) is 20.8 Å². The van der Waals surface area contributed by atoms with E-state index in [0.717, 1.165) is 5.39 Å². The van der Waals surface area contributed by atoms with Crippen molar-refractivity contribution in [2.24, 2.45) is 0 Å². The summed E-state index contributed by atoms with van der Waals surface area (Å²) in [5.74, 6) is 0.212. The Kier molecular flexibility index (Phi) is 5.97. The van der Waals surface area contributed by atoms with E-state index in [0.29, 0.717) is 22.5 Å². The predicted molar refractivity (Wildman–Crippen MR) is 113 cm³/mol. The van der Waals surface area contributed by atoms with Crippen LogP contribution in [0, 0.1) is 0 Å². The lowest BCUT2D eigenvalue weighted by atomic mass is 10.1. The smallest absolute Gasteiger partial charge is 0.258 e. The van der Waals surface area contributed by atoms with Crippen molar-refractivity contribution < 1.29 is 14.3 Å². The molecule has 7 nitrogen and oxygen atoms in total. The van der Waals surface area contributed by atoms with Crippen LogP contribution in [0.2, 0.25) is 0 Å². The van der Waals surface area contributed by atoms with Gasteiger partial charge in [-0.05, 0) is 67.8 Å². The first-order chi connectivity index (χ1) is 13.8. The lowest BCUT2D eigenvalue weighted by Gasteiger charge is -2.12. The first-order valence-electron chi connectivity index (χ1n) is 9.29. The van der Waals surface area contributed by atoms with Crippen LogP contribution in [-0.2, 0) is 16.1 Å². The zero-order valence-electron chi connectivity index (χ0n) is 16.6. The van der Waals surface area contributed by atoms with Crippen LogP contribution in [0.5, 0.6) is 5.75 Å². The Morgan fingerprint density at radius 2 is 1.66 bits per heavy atom. The number of nitrogens with one attached hydrogen (secondary N) is 2. The Balaban J connectivity index is 1.72. The lowest BCUT2D eigenvalue weighted by molar-refractivity contribution is -0.117. The van der Waals surface area contributed by atoms with Crippen LogP contribution in [-0.4, -0.2) is 22.5 Å². The van der Waals surface area contributed by atoms with Crippen molar-refractivity contribution in [2.45, 2.75) is 33.4 Å². The molecule has 1 heterocycles. The third kappa shape index (κ3) is 5.22. The first-order valence-corrected chi connectivity index (χ1v) is 9.29. The van der Waals surface area contributed by atoms with Crippen molar-refractivity contribution in [1.29, 1.82) is 0 Å². The number of hydrogen-bond acceptors (Lipinski definition) is 4. The van der Waals surface area contributed by atoms with Gasteiger partial charge in [0.2, 0.25) is 11.8 Å². The van der Waals surface area contributed by atoms with Crippen LogP contribution < -0.4 is 20.9 Å². The molecule has 0 bridgehead atoms. The number of amides is 2. The maximum Gasteiger partial charge on any atom is 0.258 e. The van der Waals surface area contributed by atoms with Crippen molar-refractivity contribution in [3.8, 4) is 5.75 Å². The third-order valence-corrected chi connectivity index (χ3v) is 4.12. The Morgan fingerprint density at radius 1 is 1.00 bits per heavy atom. The van der Waals surface area contributed by atoms with Crippen molar-refractivity contribution >= 4 is 34.0 Å². The summed E-state index contributed by atoms with van der Waals surface area (Å²) in [4.78, 5) is 36.1. The molecule has 29 heavy (non-hydrogen) atoms. The van der Waals surface area contributed by atoms with E-state index in [1.54, 1.807) is 48.7 Å². The molecule has 3 rings (SSSR count). The molecule has 0 atom stereocenters. The van der Waals surface area contributed by atoms with Crippen molar-refractivity contribution in [1.82, 2.24) is 4.57 Å². The van der Waals surface area contributed by atoms with Crippen molar-refractivity contribution in [3.05, 3.63) is 65.1 Å². The van der Waals surface area contributed by atoms with Crippen LogP contribution in [0.3, 0.4) is 0 Å². The van der Waals surface area contributed by atoms with E-state index in [1.807, 2.05) is 19.9 Å². The lowest BCUT2D eigenvalue weighted by Crippen LogP contribution is -2.27. The molecule has 0 radical (unpaired) electrons. The van der Waals surface area contributed by atoms with Crippen LogP contribution in [0.4, 0.5) is 11.4 Å². The normalized spacial score (nSPS) is 10.8. The topological polar surface area (TPSA) is 89.4 Å². The highest BCUT2D eigenvalue weighted by Gasteiger charge is 2.09. The van der Waals surface area contributed by atoms with E-state index in [2.05, 4.69) is 10.6 Å². The largest absolute Gasteiger partial charge is 0.491 e. The number of aromatic nitrogens is 1. The van der Waals surface area contributed by atoms with E-state index in [4.69, 9.17) is 4.74 Å². The van der Waals surface area contributed by atoms with Gasteiger partial charge in [-0.2, -0.15) is 0 Å². The van der Waals surface area contributed by atoms with Crippen molar-refractivity contribution in [2.75, 3.05) is 10.6 Å². The van der Waals surface area contributed by atoms with Gasteiger partial charge in [-0.3, -0.25) is 14.4 Å². The van der Waals surface area contributed by atoms with Gasteiger partial charge in [0, 0.05) is 29.9 Å². The molecule has 0 aliphatic rings. The number of carbonyl (C=O) groups excluding carboxylic acids is 2. The molecule has 0 aliphatic carbocycles. The Morgan fingerprint density at radius 3 is 2.28 bits per heavy atom. The number of fused-ring (bicyclic) bond motifs is 1. The maximum absolute atomic E-state index is 12.7. The number of anilines is 2. The SMILES string of the molecule is CC(=O)Nc1ccc(NC(=O)Cn2ccc3cc(OC(C)C)ccc3c2=O)cc1. The Hall–Kier alpha value is -3.61. The van der Waals surface area contributed by atoms with Gasteiger partial charge in [0.15, 0.2) is 0 Å². The molecule has 0 spiro atoms. The number of carbonyl (C=O) groups is 2. The fourth-order valence-electron chi connectivity index (χ4n) is 2.93. The maximum atomic E-state index is 12.7. The van der Waals surface area contributed by atoms with E-state index in [1.165, 1.54) is 11.5 Å². The van der Waals surface area contributed by atoms with E-state index < -0.39 is 0 Å². The van der Waals surface area contributed by atoms with Crippen molar-refractivity contribution in [3.63, 3.8) is 0 Å². The predicted octanol–water partition coefficient (Wildman–Crippen LogP) is 3.39. The number of nitrogens with zero attached hydrogens (tertiary/aromatic N) is 1. The number of benzene rings is 2. The van der Waals surface area contributed by atoms with E-state index in [9.17, 15) is 14.4 Å². The summed E-state index contributed by atoms with van der Waals surface area (Å²) >= 11 is 0. The van der Waals surface area contributed by atoms with Gasteiger partial charge in [-0.15, -0.1) is 0 Å². The Labute approximate surface area is 168 Å². The molecule has 2 N–H and O–H groups in total. The second-order valence-electron chi connectivity index (χ2n) is 6.97. The van der Waals surface area contributed by atoms with Crippen LogP contribution >= 0.6 is 0 Å². The zero-order chi connectivity index (χ0) is 21.0. The minimum Gasteiger partial charge on any atom is -0.491 e. The molecule has 0 aliphatic heterocycles. The summed E-state index contributed by atoms with van der Waals surface area (Å²) in [7, 11) is 0. The molecule has 7 heteroatoms. The average Bonchev–Trinajstić information content (AvgIpc) is 2.65. The number of rotatable bonds is 6. The second kappa shape index (κ2) is 8.60. The highest BCUT2D eigenvalue weighted by Crippen LogP contribution is 2.19. The summed E-state index contributed by atoms with van der Waals surface area (Å²) in [5.41, 5.74) is 0.977. The monoisotopic (exact) mass is 393 g/mol. The van der Waals surface area contributed by atoms with Gasteiger partial charge in [0.05, 0.1) is 6.10 Å². The molecule has 0 saturated heterocycles. The number of pyridine rings is 1. The molecule has 2 aromatic carbocycles. The summed E-state index contributed by atoms with van der Waals surface area (Å²) in [6.07, 6.45) is 1.65. The minimum absolute atomic E-state index is 0.0452. The van der Waals surface area contributed by atoms with Gasteiger partial charge in [-0.25, -0.2) is 0 Å². The summed E-state index contributed by atoms with van der Waals surface area (Å²) in [6, 6.07) is 13.8. The fraction of sp³-hybridized carbons (Fsp3) is 0.227. The van der Waals surface area contributed by atoms with Gasteiger partial charge < -0.3 is 19.9 Å². The first kappa shape index (κ1) is 20.1. The number of hydrogen-bond donors (Lipinski definition) is 2. The van der Waals surface area contributed by atoms with E-state index in [-0.39, 0.29) is 30.0 Å². The standard InChI is InChI=1S/C22H23N3O4/c1-14(2)29-19-8-9-20-16(12-19)10-11-25(22(20)28)13-21(27)24-18-6-4-17(5-7-18)23-15(3)26/h4-12,14H,13H2,1-3H3,(H,23,26)(H,24,27). The van der Waals surface area contributed by atoms with E-state index >= 15 is 0 Å². The molecule has 1 aromatic heterocycles. The highest BCUT2D eigenvalue weighted by molar-refractivity contribution is 5.92. The molecule has 0 saturated carbocycles. The summed E-state index contributed by atoms with van der Waals surface area (Å²) in [5, 5.41) is 6.69. The average molecular weight is 393 g/mol. The number of ether oxygens (including phenoxy) is 1. The quantitative estimate of drug-likeness (QED) is 0.672. The molecule has 150 valence electrons. The van der Waals surface area contributed by atoms with Gasteiger partial charge in [-0.1, -0.05) is 0 Å². The molecule has 2 amide bonds.